The Balaban J connectivity index is 2.65. The molecule has 0 atom stereocenters. The molecule has 1 aromatic rings. The Bertz CT molecular complexity index is 416. The quantitative estimate of drug-likeness (QED) is 0.360. The maximum absolute atomic E-state index is 11.0. The lowest BCUT2D eigenvalue weighted by molar-refractivity contribution is 0.112. The van der Waals surface area contributed by atoms with Gasteiger partial charge in [-0.15, -0.1) is 0 Å². The number of unbranched alkanes of at least 4 members (excludes halogenated alkanes) is 6. The Kier molecular flexibility index (Phi) is 9.61. The number of carbonyl (C=O) groups excluding carboxylic acids is 1. The van der Waals surface area contributed by atoms with Crippen molar-refractivity contribution in [1.82, 2.24) is 0 Å². The molecule has 0 heterocycles. The molecule has 0 unspecified atom stereocenters. The van der Waals surface area contributed by atoms with Crippen LogP contribution in [0.5, 0.6) is 0 Å². The van der Waals surface area contributed by atoms with Gasteiger partial charge >= 0.3 is 0 Å². The Morgan fingerprint density at radius 1 is 0.909 bits per heavy atom. The Labute approximate surface area is 136 Å². The van der Waals surface area contributed by atoms with E-state index < -0.39 is 0 Å². The number of anilines is 1. The third kappa shape index (κ3) is 6.64. The van der Waals surface area contributed by atoms with Gasteiger partial charge in [0.2, 0.25) is 0 Å². The van der Waals surface area contributed by atoms with Crippen molar-refractivity contribution in [2.75, 3.05) is 18.0 Å². The summed E-state index contributed by atoms with van der Waals surface area (Å²) in [7, 11) is 0. The van der Waals surface area contributed by atoms with Crippen molar-refractivity contribution in [2.24, 2.45) is 0 Å². The summed E-state index contributed by atoms with van der Waals surface area (Å²) < 4.78 is 0. The second-order valence-corrected chi connectivity index (χ2v) is 6.27. The van der Waals surface area contributed by atoms with Crippen LogP contribution < -0.4 is 4.90 Å². The summed E-state index contributed by atoms with van der Waals surface area (Å²) in [5.74, 6) is 0. The molecule has 2 nitrogen and oxygen atoms in total. The molecule has 1 aromatic carbocycles. The van der Waals surface area contributed by atoms with Gasteiger partial charge in [0.05, 0.1) is 0 Å². The summed E-state index contributed by atoms with van der Waals surface area (Å²) in [6, 6.07) is 6.24. The Morgan fingerprint density at radius 3 is 1.95 bits per heavy atom. The van der Waals surface area contributed by atoms with Crippen molar-refractivity contribution < 1.29 is 4.79 Å². The maximum Gasteiger partial charge on any atom is 0.150 e. The number of aldehydes is 1. The average molecular weight is 303 g/mol. The molecule has 0 spiro atoms. The van der Waals surface area contributed by atoms with Gasteiger partial charge in [-0.3, -0.25) is 4.79 Å². The summed E-state index contributed by atoms with van der Waals surface area (Å²) in [5.41, 5.74) is 3.16. The first-order valence-corrected chi connectivity index (χ1v) is 9.03. The molecule has 1 rings (SSSR count). The summed E-state index contributed by atoms with van der Waals surface area (Å²) in [6.07, 6.45) is 11.3. The van der Waals surface area contributed by atoms with Crippen LogP contribution in [0.25, 0.3) is 0 Å². The minimum absolute atomic E-state index is 0.806. The zero-order valence-corrected chi connectivity index (χ0v) is 14.7. The first kappa shape index (κ1) is 18.7. The standard InChI is InChI=1S/C20H33NO/c1-4-6-8-10-14-21(15-11-9-7-5-2)20-13-12-19(17-22)18(3)16-20/h12-13,16-17H,4-11,14-15H2,1-3H3. The van der Waals surface area contributed by atoms with Gasteiger partial charge in [-0.25, -0.2) is 0 Å². The zero-order chi connectivity index (χ0) is 16.2. The predicted molar refractivity (Wildman–Crippen MR) is 97.1 cm³/mol. The van der Waals surface area contributed by atoms with Crippen molar-refractivity contribution >= 4 is 12.0 Å². The minimum atomic E-state index is 0.806. The number of nitrogens with zero attached hydrogens (tertiary/aromatic N) is 1. The molecule has 0 bridgehead atoms. The molecule has 0 radical (unpaired) electrons. The SMILES string of the molecule is CCCCCCN(CCCCCC)c1ccc(C=O)c(C)c1. The van der Waals surface area contributed by atoms with E-state index in [2.05, 4.69) is 30.9 Å². The molecule has 0 fully saturated rings. The van der Waals surface area contributed by atoms with Crippen molar-refractivity contribution in [3.05, 3.63) is 29.3 Å². The molecule has 22 heavy (non-hydrogen) atoms. The summed E-state index contributed by atoms with van der Waals surface area (Å²) in [6.45, 7) is 8.80. The van der Waals surface area contributed by atoms with Crippen LogP contribution in [0.4, 0.5) is 5.69 Å². The number of hydrogen-bond acceptors (Lipinski definition) is 2. The van der Waals surface area contributed by atoms with E-state index >= 15 is 0 Å². The van der Waals surface area contributed by atoms with E-state index in [-0.39, 0.29) is 0 Å². The topological polar surface area (TPSA) is 20.3 Å². The third-order valence-electron chi connectivity index (χ3n) is 4.31. The van der Waals surface area contributed by atoms with Gasteiger partial charge in [-0.05, 0) is 43.5 Å². The highest BCUT2D eigenvalue weighted by molar-refractivity contribution is 5.78. The summed E-state index contributed by atoms with van der Waals surface area (Å²) in [5, 5.41) is 0. The van der Waals surface area contributed by atoms with Crippen molar-refractivity contribution in [1.29, 1.82) is 0 Å². The fourth-order valence-corrected chi connectivity index (χ4v) is 2.82. The highest BCUT2D eigenvalue weighted by Crippen LogP contribution is 2.20. The number of aryl methyl sites for hydroxylation is 1. The number of benzene rings is 1. The second-order valence-electron chi connectivity index (χ2n) is 6.27. The molecule has 2 heteroatoms. The van der Waals surface area contributed by atoms with Gasteiger partial charge in [0, 0.05) is 24.3 Å². The fraction of sp³-hybridized carbons (Fsp3) is 0.650. The van der Waals surface area contributed by atoms with E-state index in [0.29, 0.717) is 0 Å². The summed E-state index contributed by atoms with van der Waals surface area (Å²) >= 11 is 0. The van der Waals surface area contributed by atoms with E-state index in [1.165, 1.54) is 57.1 Å². The highest BCUT2D eigenvalue weighted by atomic mass is 16.1. The lowest BCUT2D eigenvalue weighted by Gasteiger charge is -2.25. The monoisotopic (exact) mass is 303 g/mol. The van der Waals surface area contributed by atoms with E-state index in [4.69, 9.17) is 0 Å². The number of hydrogen-bond donors (Lipinski definition) is 0. The van der Waals surface area contributed by atoms with Gasteiger partial charge in [0.1, 0.15) is 6.29 Å². The van der Waals surface area contributed by atoms with Crippen LogP contribution in [-0.4, -0.2) is 19.4 Å². The molecular weight excluding hydrogens is 270 g/mol. The average Bonchev–Trinajstić information content (AvgIpc) is 2.53. The molecule has 0 aliphatic heterocycles. The first-order valence-electron chi connectivity index (χ1n) is 9.03. The minimum Gasteiger partial charge on any atom is -0.372 e. The molecule has 124 valence electrons. The van der Waals surface area contributed by atoms with Crippen molar-refractivity contribution in [3.63, 3.8) is 0 Å². The van der Waals surface area contributed by atoms with E-state index in [1.807, 2.05) is 13.0 Å². The molecular formula is C20H33NO. The van der Waals surface area contributed by atoms with Gasteiger partial charge in [0.25, 0.3) is 0 Å². The molecule has 0 aromatic heterocycles. The predicted octanol–water partition coefficient (Wildman–Crippen LogP) is 5.77. The third-order valence-corrected chi connectivity index (χ3v) is 4.31. The van der Waals surface area contributed by atoms with Gasteiger partial charge < -0.3 is 4.90 Å². The van der Waals surface area contributed by atoms with Crippen LogP contribution in [0.2, 0.25) is 0 Å². The zero-order valence-electron chi connectivity index (χ0n) is 14.7. The van der Waals surface area contributed by atoms with Gasteiger partial charge in [-0.2, -0.15) is 0 Å². The van der Waals surface area contributed by atoms with E-state index in [9.17, 15) is 4.79 Å². The van der Waals surface area contributed by atoms with Crippen LogP contribution in [-0.2, 0) is 0 Å². The Hall–Kier alpha value is -1.31. The van der Waals surface area contributed by atoms with Crippen molar-refractivity contribution in [3.8, 4) is 0 Å². The van der Waals surface area contributed by atoms with Crippen molar-refractivity contribution in [2.45, 2.75) is 72.1 Å². The summed E-state index contributed by atoms with van der Waals surface area (Å²) in [4.78, 5) is 13.5. The maximum atomic E-state index is 11.0. The van der Waals surface area contributed by atoms with Gasteiger partial charge in [0.15, 0.2) is 0 Å². The highest BCUT2D eigenvalue weighted by Gasteiger charge is 2.08. The second kappa shape index (κ2) is 11.3. The lowest BCUT2D eigenvalue weighted by atomic mass is 10.1. The number of rotatable bonds is 12. The molecule has 0 saturated carbocycles. The van der Waals surface area contributed by atoms with Crippen LogP contribution in [0.3, 0.4) is 0 Å². The number of carbonyl (C=O) groups is 1. The first-order chi connectivity index (χ1) is 10.7. The van der Waals surface area contributed by atoms with E-state index in [1.54, 1.807) is 0 Å². The van der Waals surface area contributed by atoms with Gasteiger partial charge in [-0.1, -0.05) is 52.4 Å². The molecule has 0 saturated heterocycles. The normalized spacial score (nSPS) is 10.7. The fourth-order valence-electron chi connectivity index (χ4n) is 2.82. The largest absolute Gasteiger partial charge is 0.372 e. The van der Waals surface area contributed by atoms with Crippen LogP contribution >= 0.6 is 0 Å². The molecule has 0 amide bonds. The van der Waals surface area contributed by atoms with E-state index in [0.717, 1.165) is 30.5 Å². The molecule has 0 N–H and O–H groups in total. The van der Waals surface area contributed by atoms with Crippen LogP contribution in [0.15, 0.2) is 18.2 Å². The lowest BCUT2D eigenvalue weighted by Crippen LogP contribution is -2.25. The smallest absolute Gasteiger partial charge is 0.150 e. The molecule has 0 aliphatic carbocycles. The van der Waals surface area contributed by atoms with Crippen LogP contribution in [0, 0.1) is 6.92 Å². The molecule has 0 aliphatic rings. The Morgan fingerprint density at radius 2 is 1.50 bits per heavy atom. The van der Waals surface area contributed by atoms with Crippen LogP contribution in [0.1, 0.15) is 81.1 Å².